The Kier molecular flexibility index (Phi) is 5.21. The second-order valence-corrected chi connectivity index (χ2v) is 3.96. The van der Waals surface area contributed by atoms with Crippen molar-refractivity contribution >= 4 is 17.2 Å². The molecule has 1 aromatic rings. The lowest BCUT2D eigenvalue weighted by molar-refractivity contribution is -0.274. The second kappa shape index (κ2) is 6.44. The number of alkyl halides is 3. The average Bonchev–Trinajstić information content (AvgIpc) is 2.24. The summed E-state index contributed by atoms with van der Waals surface area (Å²) in [7, 11) is 0. The van der Waals surface area contributed by atoms with E-state index in [1.54, 1.807) is 0 Å². The van der Waals surface area contributed by atoms with Crippen molar-refractivity contribution in [3.63, 3.8) is 0 Å². The molecule has 0 bridgehead atoms. The molecule has 0 aliphatic rings. The van der Waals surface area contributed by atoms with Crippen LogP contribution in [0, 0.1) is 0 Å². The standard InChI is InChI=1S/C11H12F3NO2S/c12-11(13,14)17-9-5-3-8(4-6-9)16-7-1-2-10(15)18/h3-6H,1-2,7H2,(H2,15,18). The Labute approximate surface area is 108 Å². The van der Waals surface area contributed by atoms with Crippen LogP contribution in [0.1, 0.15) is 12.8 Å². The fourth-order valence-corrected chi connectivity index (χ4v) is 1.32. The maximum atomic E-state index is 11.9. The van der Waals surface area contributed by atoms with E-state index in [2.05, 4.69) is 4.74 Å². The summed E-state index contributed by atoms with van der Waals surface area (Å²) >= 11 is 4.69. The highest BCUT2D eigenvalue weighted by Crippen LogP contribution is 2.24. The van der Waals surface area contributed by atoms with Crippen LogP contribution in [0.3, 0.4) is 0 Å². The second-order valence-electron chi connectivity index (χ2n) is 3.44. The van der Waals surface area contributed by atoms with E-state index in [9.17, 15) is 13.2 Å². The Morgan fingerprint density at radius 2 is 1.72 bits per heavy atom. The van der Waals surface area contributed by atoms with Crippen LogP contribution in [0.15, 0.2) is 24.3 Å². The molecule has 0 atom stereocenters. The van der Waals surface area contributed by atoms with Gasteiger partial charge in [0.05, 0.1) is 11.6 Å². The van der Waals surface area contributed by atoms with Crippen LogP contribution < -0.4 is 15.2 Å². The number of hydrogen-bond donors (Lipinski definition) is 1. The molecule has 1 rings (SSSR count). The van der Waals surface area contributed by atoms with E-state index in [-0.39, 0.29) is 5.75 Å². The van der Waals surface area contributed by atoms with E-state index in [0.29, 0.717) is 30.2 Å². The maximum Gasteiger partial charge on any atom is 0.573 e. The summed E-state index contributed by atoms with van der Waals surface area (Å²) in [5.74, 6) is 0.186. The van der Waals surface area contributed by atoms with Crippen LogP contribution in [0.25, 0.3) is 0 Å². The Balaban J connectivity index is 2.38. The van der Waals surface area contributed by atoms with Crippen molar-refractivity contribution < 1.29 is 22.6 Å². The predicted molar refractivity (Wildman–Crippen MR) is 64.6 cm³/mol. The first-order valence-electron chi connectivity index (χ1n) is 5.14. The number of halogens is 3. The van der Waals surface area contributed by atoms with E-state index in [1.807, 2.05) is 0 Å². The van der Waals surface area contributed by atoms with Crippen LogP contribution in [0.4, 0.5) is 13.2 Å². The number of nitrogens with two attached hydrogens (primary N) is 1. The Bertz CT molecular complexity index is 392. The molecule has 0 heterocycles. The molecular weight excluding hydrogens is 267 g/mol. The lowest BCUT2D eigenvalue weighted by atomic mass is 10.3. The van der Waals surface area contributed by atoms with Crippen molar-refractivity contribution in [3.8, 4) is 11.5 Å². The summed E-state index contributed by atoms with van der Waals surface area (Å²) in [5.41, 5.74) is 5.30. The van der Waals surface area contributed by atoms with Crippen LogP contribution in [0.2, 0.25) is 0 Å². The summed E-state index contributed by atoms with van der Waals surface area (Å²) in [4.78, 5) is 0.410. The summed E-state index contributed by atoms with van der Waals surface area (Å²) in [6, 6.07) is 5.19. The van der Waals surface area contributed by atoms with Gasteiger partial charge < -0.3 is 15.2 Å². The van der Waals surface area contributed by atoms with Gasteiger partial charge in [0.15, 0.2) is 0 Å². The van der Waals surface area contributed by atoms with Gasteiger partial charge in [-0.15, -0.1) is 13.2 Å². The number of rotatable bonds is 6. The highest BCUT2D eigenvalue weighted by Gasteiger charge is 2.30. The zero-order chi connectivity index (χ0) is 13.6. The fourth-order valence-electron chi connectivity index (χ4n) is 1.17. The molecule has 0 aliphatic carbocycles. The van der Waals surface area contributed by atoms with Crippen molar-refractivity contribution in [3.05, 3.63) is 24.3 Å². The van der Waals surface area contributed by atoms with Gasteiger partial charge in [-0.2, -0.15) is 0 Å². The molecule has 3 nitrogen and oxygen atoms in total. The lowest BCUT2D eigenvalue weighted by Crippen LogP contribution is -2.17. The molecule has 0 saturated heterocycles. The van der Waals surface area contributed by atoms with E-state index in [4.69, 9.17) is 22.7 Å². The molecule has 0 amide bonds. The number of ether oxygens (including phenoxy) is 2. The minimum absolute atomic E-state index is 0.280. The van der Waals surface area contributed by atoms with Gasteiger partial charge in [-0.25, -0.2) is 0 Å². The number of thiocarbonyl (C=S) groups is 1. The zero-order valence-electron chi connectivity index (χ0n) is 9.37. The molecule has 0 unspecified atom stereocenters. The van der Waals surface area contributed by atoms with E-state index >= 15 is 0 Å². The fraction of sp³-hybridized carbons (Fsp3) is 0.364. The first kappa shape index (κ1) is 14.6. The quantitative estimate of drug-likeness (QED) is 0.642. The minimum Gasteiger partial charge on any atom is -0.494 e. The van der Waals surface area contributed by atoms with E-state index < -0.39 is 6.36 Å². The third-order valence-electron chi connectivity index (χ3n) is 1.89. The largest absolute Gasteiger partial charge is 0.573 e. The first-order chi connectivity index (χ1) is 8.37. The highest BCUT2D eigenvalue weighted by molar-refractivity contribution is 7.80. The topological polar surface area (TPSA) is 44.5 Å². The third kappa shape index (κ3) is 6.29. The summed E-state index contributed by atoms with van der Waals surface area (Å²) < 4.78 is 44.7. The van der Waals surface area contributed by atoms with E-state index in [1.165, 1.54) is 24.3 Å². The summed E-state index contributed by atoms with van der Waals surface area (Å²) in [5, 5.41) is 0. The van der Waals surface area contributed by atoms with E-state index in [0.717, 1.165) is 0 Å². The van der Waals surface area contributed by atoms with Crippen molar-refractivity contribution in [1.29, 1.82) is 0 Å². The molecule has 0 spiro atoms. The first-order valence-corrected chi connectivity index (χ1v) is 5.54. The smallest absolute Gasteiger partial charge is 0.494 e. The van der Waals surface area contributed by atoms with Crippen molar-refractivity contribution in [1.82, 2.24) is 0 Å². The number of benzene rings is 1. The molecule has 2 N–H and O–H groups in total. The average molecular weight is 279 g/mol. The normalized spacial score (nSPS) is 11.1. The van der Waals surface area contributed by atoms with Gasteiger partial charge in [-0.3, -0.25) is 0 Å². The minimum atomic E-state index is -4.68. The van der Waals surface area contributed by atoms with Gasteiger partial charge >= 0.3 is 6.36 Å². The summed E-state index contributed by atoms with van der Waals surface area (Å²) in [6.45, 7) is 0.400. The lowest BCUT2D eigenvalue weighted by Gasteiger charge is -2.10. The molecule has 0 fully saturated rings. The van der Waals surface area contributed by atoms with Crippen LogP contribution in [-0.4, -0.2) is 18.0 Å². The highest BCUT2D eigenvalue weighted by atomic mass is 32.1. The van der Waals surface area contributed by atoms with Crippen molar-refractivity contribution in [2.24, 2.45) is 5.73 Å². The third-order valence-corrected chi connectivity index (χ3v) is 2.10. The molecule has 7 heteroatoms. The Morgan fingerprint density at radius 3 is 2.22 bits per heavy atom. The molecular formula is C11H12F3NO2S. The molecule has 18 heavy (non-hydrogen) atoms. The van der Waals surface area contributed by atoms with Gasteiger partial charge in [-0.05, 0) is 30.7 Å². The molecule has 0 saturated carbocycles. The Hall–Kier alpha value is -1.50. The predicted octanol–water partition coefficient (Wildman–Crippen LogP) is 3.03. The molecule has 100 valence electrons. The van der Waals surface area contributed by atoms with Crippen molar-refractivity contribution in [2.45, 2.75) is 19.2 Å². The van der Waals surface area contributed by atoms with Gasteiger partial charge in [0.2, 0.25) is 0 Å². The molecule has 1 aromatic carbocycles. The monoisotopic (exact) mass is 279 g/mol. The van der Waals surface area contributed by atoms with Crippen molar-refractivity contribution in [2.75, 3.05) is 6.61 Å². The number of hydrogen-bond acceptors (Lipinski definition) is 3. The van der Waals surface area contributed by atoms with Crippen LogP contribution in [0.5, 0.6) is 11.5 Å². The van der Waals surface area contributed by atoms with Gasteiger partial charge in [-0.1, -0.05) is 12.2 Å². The van der Waals surface area contributed by atoms with Gasteiger partial charge in [0.1, 0.15) is 11.5 Å². The van der Waals surface area contributed by atoms with Crippen LogP contribution in [-0.2, 0) is 0 Å². The molecule has 0 aliphatic heterocycles. The Morgan fingerprint density at radius 1 is 1.17 bits per heavy atom. The van der Waals surface area contributed by atoms with Crippen LogP contribution >= 0.6 is 12.2 Å². The van der Waals surface area contributed by atoms with Gasteiger partial charge in [0.25, 0.3) is 0 Å². The molecule has 0 radical (unpaired) electrons. The SMILES string of the molecule is NC(=S)CCCOc1ccc(OC(F)(F)F)cc1. The maximum absolute atomic E-state index is 11.9. The van der Waals surface area contributed by atoms with Gasteiger partial charge in [0, 0.05) is 6.42 Å². The molecule has 0 aromatic heterocycles. The summed E-state index contributed by atoms with van der Waals surface area (Å²) in [6.07, 6.45) is -3.44. The zero-order valence-corrected chi connectivity index (χ0v) is 10.2.